The molecule has 2 N–H and O–H groups in total. The Balaban J connectivity index is 1.73. The smallest absolute Gasteiger partial charge is 0.307 e. The number of fused-ring (bicyclic) bond motifs is 1. The molecule has 3 aromatic carbocycles. The maximum absolute atomic E-state index is 13.2. The number of sulfone groups is 1. The van der Waals surface area contributed by atoms with Gasteiger partial charge in [0.2, 0.25) is 5.91 Å². The van der Waals surface area contributed by atoms with Crippen LogP contribution < -0.4 is 5.32 Å². The maximum atomic E-state index is 13.2. The van der Waals surface area contributed by atoms with Crippen LogP contribution in [0.3, 0.4) is 0 Å². The van der Waals surface area contributed by atoms with Gasteiger partial charge in [0, 0.05) is 17.3 Å². The van der Waals surface area contributed by atoms with Crippen molar-refractivity contribution in [2.75, 3.05) is 30.7 Å². The van der Waals surface area contributed by atoms with E-state index in [4.69, 9.17) is 16.6 Å². The number of benzene rings is 3. The first-order chi connectivity index (χ1) is 18.6. The highest BCUT2D eigenvalue weighted by Gasteiger charge is 2.35. The minimum absolute atomic E-state index is 0.0144. The van der Waals surface area contributed by atoms with Crippen LogP contribution in [0.25, 0.3) is 0 Å². The first-order valence-corrected chi connectivity index (χ1v) is 14.7. The highest BCUT2D eigenvalue weighted by atomic mass is 35.5. The summed E-state index contributed by atoms with van der Waals surface area (Å²) in [4.78, 5) is 31.5. The molecule has 0 spiro atoms. The number of anilines is 1. The summed E-state index contributed by atoms with van der Waals surface area (Å²) in [6.07, 6.45) is -0.176. The van der Waals surface area contributed by atoms with Crippen LogP contribution in [-0.4, -0.2) is 61.4 Å². The van der Waals surface area contributed by atoms with Gasteiger partial charge in [-0.15, -0.1) is 0 Å². The van der Waals surface area contributed by atoms with E-state index < -0.39 is 21.7 Å². The lowest BCUT2D eigenvalue weighted by Crippen LogP contribution is -2.29. The molecule has 1 unspecified atom stereocenters. The average Bonchev–Trinajstić information content (AvgIpc) is 3.22. The molecule has 0 aromatic heterocycles. The highest BCUT2D eigenvalue weighted by molar-refractivity contribution is 7.91. The standard InChI is InChI=1S/C29H30ClN3O5S/c1-3-33(4-2)14-15-39(37,38)23-11-9-22(10-12-23)31-28(20-7-5-6-19(16-20)17-26(34)35)27-24-13-8-21(30)18-25(24)32-29(27)36/h5-13,16,18,27H,3-4,14-15,17H2,1-2H3,(H,32,36)(H,34,35). The number of aliphatic carboxylic acids is 1. The number of aliphatic imine (C=N–C) groups is 1. The summed E-state index contributed by atoms with van der Waals surface area (Å²) in [6, 6.07) is 18.3. The molecule has 1 aliphatic heterocycles. The van der Waals surface area contributed by atoms with E-state index in [-0.39, 0.29) is 23.0 Å². The molecule has 10 heteroatoms. The number of hydrogen-bond acceptors (Lipinski definition) is 6. The Bertz CT molecular complexity index is 1520. The van der Waals surface area contributed by atoms with E-state index in [1.165, 1.54) is 12.1 Å². The number of nitrogens with zero attached hydrogens (tertiary/aromatic N) is 2. The van der Waals surface area contributed by atoms with E-state index in [1.54, 1.807) is 54.6 Å². The molecule has 1 amide bonds. The Labute approximate surface area is 233 Å². The normalized spacial score (nSPS) is 15.3. The average molecular weight is 568 g/mol. The van der Waals surface area contributed by atoms with Crippen molar-refractivity contribution in [1.82, 2.24) is 4.90 Å². The Kier molecular flexibility index (Phi) is 8.84. The van der Waals surface area contributed by atoms with Crippen LogP contribution in [-0.2, 0) is 25.8 Å². The minimum Gasteiger partial charge on any atom is -0.481 e. The van der Waals surface area contributed by atoms with E-state index in [0.29, 0.717) is 45.3 Å². The number of nitrogens with one attached hydrogen (secondary N) is 1. The van der Waals surface area contributed by atoms with Crippen LogP contribution in [0.2, 0.25) is 5.02 Å². The second-order valence-corrected chi connectivity index (χ2v) is 11.8. The molecule has 0 aliphatic carbocycles. The van der Waals surface area contributed by atoms with Gasteiger partial charge >= 0.3 is 5.97 Å². The number of carbonyl (C=O) groups is 2. The largest absolute Gasteiger partial charge is 0.481 e. The molecule has 3 aromatic rings. The highest BCUT2D eigenvalue weighted by Crippen LogP contribution is 2.38. The zero-order valence-corrected chi connectivity index (χ0v) is 23.3. The second-order valence-electron chi connectivity index (χ2n) is 9.26. The van der Waals surface area contributed by atoms with Crippen molar-refractivity contribution in [2.45, 2.75) is 31.1 Å². The molecular formula is C29H30ClN3O5S. The van der Waals surface area contributed by atoms with Crippen molar-refractivity contribution in [2.24, 2.45) is 4.99 Å². The minimum atomic E-state index is -3.48. The third-order valence-electron chi connectivity index (χ3n) is 6.71. The molecule has 1 aliphatic rings. The van der Waals surface area contributed by atoms with Crippen molar-refractivity contribution >= 4 is 50.4 Å². The van der Waals surface area contributed by atoms with Gasteiger partial charge in [-0.05, 0) is 72.2 Å². The lowest BCUT2D eigenvalue weighted by Gasteiger charge is -2.17. The summed E-state index contributed by atoms with van der Waals surface area (Å²) in [6.45, 7) is 6.00. The third kappa shape index (κ3) is 6.73. The van der Waals surface area contributed by atoms with Gasteiger partial charge in [-0.2, -0.15) is 0 Å². The summed E-state index contributed by atoms with van der Waals surface area (Å²) in [5, 5.41) is 12.6. The van der Waals surface area contributed by atoms with Gasteiger partial charge in [-0.1, -0.05) is 49.7 Å². The molecule has 39 heavy (non-hydrogen) atoms. The number of hydrogen-bond donors (Lipinski definition) is 2. The van der Waals surface area contributed by atoms with E-state index in [0.717, 1.165) is 13.1 Å². The Morgan fingerprint density at radius 3 is 2.44 bits per heavy atom. The fourth-order valence-electron chi connectivity index (χ4n) is 4.59. The predicted octanol–water partition coefficient (Wildman–Crippen LogP) is 4.94. The van der Waals surface area contributed by atoms with Gasteiger partial charge in [-0.3, -0.25) is 14.6 Å². The van der Waals surface area contributed by atoms with Crippen molar-refractivity contribution in [3.8, 4) is 0 Å². The monoisotopic (exact) mass is 567 g/mol. The molecule has 0 radical (unpaired) electrons. The zero-order chi connectivity index (χ0) is 28.2. The number of carboxylic acid groups (broad SMARTS) is 1. The van der Waals surface area contributed by atoms with Crippen LogP contribution in [0.15, 0.2) is 76.6 Å². The van der Waals surface area contributed by atoms with E-state index in [9.17, 15) is 23.1 Å². The molecular weight excluding hydrogens is 538 g/mol. The van der Waals surface area contributed by atoms with Gasteiger partial charge < -0.3 is 15.3 Å². The zero-order valence-electron chi connectivity index (χ0n) is 21.7. The molecule has 1 atom stereocenters. The first kappa shape index (κ1) is 28.5. The van der Waals surface area contributed by atoms with Gasteiger partial charge in [0.25, 0.3) is 0 Å². The van der Waals surface area contributed by atoms with Gasteiger partial charge in [0.15, 0.2) is 9.84 Å². The summed E-state index contributed by atoms with van der Waals surface area (Å²) < 4.78 is 25.8. The molecule has 8 nitrogen and oxygen atoms in total. The topological polar surface area (TPSA) is 116 Å². The number of amides is 1. The first-order valence-electron chi connectivity index (χ1n) is 12.7. The lowest BCUT2D eigenvalue weighted by atomic mass is 9.89. The van der Waals surface area contributed by atoms with Crippen LogP contribution in [0, 0.1) is 0 Å². The molecule has 204 valence electrons. The van der Waals surface area contributed by atoms with E-state index in [2.05, 4.69) is 10.2 Å². The van der Waals surface area contributed by atoms with Gasteiger partial charge in [0.1, 0.15) is 5.92 Å². The number of rotatable bonds is 11. The van der Waals surface area contributed by atoms with E-state index in [1.807, 2.05) is 13.8 Å². The van der Waals surface area contributed by atoms with Crippen molar-refractivity contribution < 1.29 is 23.1 Å². The van der Waals surface area contributed by atoms with E-state index >= 15 is 0 Å². The molecule has 0 saturated carbocycles. The van der Waals surface area contributed by atoms with Crippen molar-refractivity contribution in [3.63, 3.8) is 0 Å². The van der Waals surface area contributed by atoms with Gasteiger partial charge in [-0.25, -0.2) is 8.42 Å². The third-order valence-corrected chi connectivity index (χ3v) is 8.66. The molecule has 0 fully saturated rings. The summed E-state index contributed by atoms with van der Waals surface area (Å²) in [5.74, 6) is -2.01. The predicted molar refractivity (Wildman–Crippen MR) is 153 cm³/mol. The summed E-state index contributed by atoms with van der Waals surface area (Å²) in [5.41, 5.74) is 3.32. The van der Waals surface area contributed by atoms with Crippen LogP contribution >= 0.6 is 11.6 Å². The molecule has 1 heterocycles. The Hall–Kier alpha value is -3.53. The fourth-order valence-corrected chi connectivity index (χ4v) is 6.05. The fraction of sp³-hybridized carbons (Fsp3) is 0.276. The number of halogens is 1. The maximum Gasteiger partial charge on any atom is 0.307 e. The SMILES string of the molecule is CCN(CC)CCS(=O)(=O)c1ccc(N=C(c2cccc(CC(=O)O)c2)C2C(=O)Nc3cc(Cl)ccc32)cc1. The quantitative estimate of drug-likeness (QED) is 0.317. The van der Waals surface area contributed by atoms with Crippen LogP contribution in [0.4, 0.5) is 11.4 Å². The molecule has 0 saturated heterocycles. The van der Waals surface area contributed by atoms with Crippen LogP contribution in [0.5, 0.6) is 0 Å². The van der Waals surface area contributed by atoms with Crippen LogP contribution in [0.1, 0.15) is 36.5 Å². The Morgan fingerprint density at radius 2 is 1.77 bits per heavy atom. The van der Waals surface area contributed by atoms with Gasteiger partial charge in [0.05, 0.1) is 28.5 Å². The lowest BCUT2D eigenvalue weighted by molar-refractivity contribution is -0.136. The van der Waals surface area contributed by atoms with Crippen molar-refractivity contribution in [3.05, 3.63) is 88.4 Å². The number of carbonyl (C=O) groups excluding carboxylic acids is 1. The molecule has 0 bridgehead atoms. The Morgan fingerprint density at radius 1 is 1.05 bits per heavy atom. The number of carboxylic acids is 1. The second kappa shape index (κ2) is 12.1. The molecule has 4 rings (SSSR count). The summed E-state index contributed by atoms with van der Waals surface area (Å²) in [7, 11) is -3.48. The van der Waals surface area contributed by atoms with Crippen molar-refractivity contribution in [1.29, 1.82) is 0 Å². The summed E-state index contributed by atoms with van der Waals surface area (Å²) >= 11 is 6.13.